The van der Waals surface area contributed by atoms with Crippen molar-refractivity contribution in [2.45, 2.75) is 19.4 Å². The van der Waals surface area contributed by atoms with Crippen molar-refractivity contribution in [1.82, 2.24) is 4.90 Å². The minimum atomic E-state index is -0.370. The summed E-state index contributed by atoms with van der Waals surface area (Å²) in [7, 11) is 0. The highest BCUT2D eigenvalue weighted by atomic mass is 35.5. The fourth-order valence-electron chi connectivity index (χ4n) is 3.19. The lowest BCUT2D eigenvalue weighted by Gasteiger charge is -2.26. The second kappa shape index (κ2) is 11.0. The Labute approximate surface area is 177 Å². The molecule has 2 atom stereocenters. The van der Waals surface area contributed by atoms with Gasteiger partial charge in [0.2, 0.25) is 11.8 Å². The molecule has 7 heteroatoms. The van der Waals surface area contributed by atoms with Gasteiger partial charge in [0.05, 0.1) is 25.6 Å². The smallest absolute Gasteiger partial charge is 0.229 e. The number of halogens is 1. The van der Waals surface area contributed by atoms with Crippen molar-refractivity contribution in [2.75, 3.05) is 31.6 Å². The lowest BCUT2D eigenvalue weighted by molar-refractivity contribution is -0.134. The molecule has 2 aromatic rings. The van der Waals surface area contributed by atoms with Crippen LogP contribution in [0, 0.1) is 5.92 Å². The fraction of sp³-hybridized carbons (Fsp3) is 0.364. The van der Waals surface area contributed by atoms with E-state index in [2.05, 4.69) is 5.32 Å². The number of ether oxygens (including phenoxy) is 1. The zero-order chi connectivity index (χ0) is 19.9. The molecule has 0 saturated carbocycles. The molecule has 1 fully saturated rings. The molecule has 2 unspecified atom stereocenters. The Balaban J connectivity index is 0.00000300. The summed E-state index contributed by atoms with van der Waals surface area (Å²) in [5, 5.41) is 2.91. The van der Waals surface area contributed by atoms with Crippen LogP contribution in [-0.4, -0.2) is 43.0 Å². The van der Waals surface area contributed by atoms with E-state index in [1.54, 1.807) is 0 Å². The van der Waals surface area contributed by atoms with Gasteiger partial charge in [0.15, 0.2) is 0 Å². The van der Waals surface area contributed by atoms with Crippen molar-refractivity contribution in [1.29, 1.82) is 0 Å². The summed E-state index contributed by atoms with van der Waals surface area (Å²) in [5.74, 6) is -0.402. The molecule has 0 radical (unpaired) electrons. The van der Waals surface area contributed by atoms with Crippen LogP contribution in [0.25, 0.3) is 0 Å². The van der Waals surface area contributed by atoms with E-state index >= 15 is 0 Å². The predicted molar refractivity (Wildman–Crippen MR) is 116 cm³/mol. The zero-order valence-electron chi connectivity index (χ0n) is 16.5. The highest BCUT2D eigenvalue weighted by Crippen LogP contribution is 2.21. The molecule has 0 spiro atoms. The molecule has 29 heavy (non-hydrogen) atoms. The van der Waals surface area contributed by atoms with Gasteiger partial charge in [0, 0.05) is 24.8 Å². The Hall–Kier alpha value is -2.41. The third kappa shape index (κ3) is 6.29. The summed E-state index contributed by atoms with van der Waals surface area (Å²) in [5.41, 5.74) is 8.78. The van der Waals surface area contributed by atoms with Crippen molar-refractivity contribution in [3.63, 3.8) is 0 Å². The van der Waals surface area contributed by atoms with Crippen molar-refractivity contribution >= 4 is 29.9 Å². The standard InChI is InChI=1S/C22H27N3O3.ClH/c1-16(21(23)18-5-3-2-4-6-18)22(27)24-19-9-7-17(8-10-19)15-20(26)25-11-13-28-14-12-25;/h2-10,16,21H,11-15,23H2,1H3,(H,24,27);1H. The lowest BCUT2D eigenvalue weighted by Crippen LogP contribution is -2.41. The Bertz CT molecular complexity index is 793. The molecule has 1 aliphatic heterocycles. The Morgan fingerprint density at radius 1 is 1.07 bits per heavy atom. The average molecular weight is 418 g/mol. The van der Waals surface area contributed by atoms with Gasteiger partial charge in [0.25, 0.3) is 0 Å². The molecular formula is C22H28ClN3O3. The van der Waals surface area contributed by atoms with Gasteiger partial charge in [-0.25, -0.2) is 0 Å². The van der Waals surface area contributed by atoms with Crippen LogP contribution < -0.4 is 11.1 Å². The molecule has 6 nitrogen and oxygen atoms in total. The molecule has 1 heterocycles. The SMILES string of the molecule is CC(C(=O)Nc1ccc(CC(=O)N2CCOCC2)cc1)C(N)c1ccccc1.Cl. The molecule has 2 amide bonds. The fourth-order valence-corrected chi connectivity index (χ4v) is 3.19. The van der Waals surface area contributed by atoms with Gasteiger partial charge in [-0.15, -0.1) is 12.4 Å². The van der Waals surface area contributed by atoms with Gasteiger partial charge in [-0.3, -0.25) is 9.59 Å². The minimum absolute atomic E-state index is 0. The number of amides is 2. The summed E-state index contributed by atoms with van der Waals surface area (Å²) in [6.45, 7) is 4.31. The Morgan fingerprint density at radius 2 is 1.69 bits per heavy atom. The first kappa shape index (κ1) is 22.9. The summed E-state index contributed by atoms with van der Waals surface area (Å²) in [6, 6.07) is 16.6. The van der Waals surface area contributed by atoms with Crippen LogP contribution in [0.5, 0.6) is 0 Å². The molecule has 3 rings (SSSR count). The van der Waals surface area contributed by atoms with Crippen LogP contribution >= 0.6 is 12.4 Å². The number of nitrogens with one attached hydrogen (secondary N) is 1. The number of carbonyl (C=O) groups is 2. The average Bonchev–Trinajstić information content (AvgIpc) is 2.75. The number of anilines is 1. The Kier molecular flexibility index (Phi) is 8.64. The molecule has 156 valence electrons. The normalized spacial score (nSPS) is 15.7. The number of rotatable bonds is 6. The van der Waals surface area contributed by atoms with Crippen molar-refractivity contribution in [2.24, 2.45) is 11.7 Å². The third-order valence-electron chi connectivity index (χ3n) is 5.08. The summed E-state index contributed by atoms with van der Waals surface area (Å²) in [6.07, 6.45) is 0.351. The van der Waals surface area contributed by atoms with Crippen molar-refractivity contribution in [3.05, 3.63) is 65.7 Å². The highest BCUT2D eigenvalue weighted by Gasteiger charge is 2.22. The molecule has 0 bridgehead atoms. The maximum absolute atomic E-state index is 12.5. The second-order valence-electron chi connectivity index (χ2n) is 7.08. The quantitative estimate of drug-likeness (QED) is 0.756. The maximum atomic E-state index is 12.5. The van der Waals surface area contributed by atoms with Crippen LogP contribution in [0.3, 0.4) is 0 Å². The first-order chi connectivity index (χ1) is 13.5. The topological polar surface area (TPSA) is 84.7 Å². The van der Waals surface area contributed by atoms with E-state index in [-0.39, 0.29) is 36.2 Å². The predicted octanol–water partition coefficient (Wildman–Crippen LogP) is 2.78. The van der Waals surface area contributed by atoms with Crippen LogP contribution in [-0.2, 0) is 20.7 Å². The van der Waals surface area contributed by atoms with E-state index in [1.165, 1.54) is 0 Å². The first-order valence-electron chi connectivity index (χ1n) is 9.60. The van der Waals surface area contributed by atoms with Gasteiger partial charge in [-0.05, 0) is 23.3 Å². The van der Waals surface area contributed by atoms with E-state index < -0.39 is 0 Å². The molecule has 2 aromatic carbocycles. The molecule has 0 aromatic heterocycles. The lowest BCUT2D eigenvalue weighted by atomic mass is 9.94. The third-order valence-corrected chi connectivity index (χ3v) is 5.08. The van der Waals surface area contributed by atoms with Crippen molar-refractivity contribution in [3.8, 4) is 0 Å². The van der Waals surface area contributed by atoms with Gasteiger partial charge in [-0.1, -0.05) is 49.4 Å². The maximum Gasteiger partial charge on any atom is 0.229 e. The molecule has 1 aliphatic rings. The van der Waals surface area contributed by atoms with E-state index in [1.807, 2.05) is 66.4 Å². The van der Waals surface area contributed by atoms with Crippen molar-refractivity contribution < 1.29 is 14.3 Å². The highest BCUT2D eigenvalue weighted by molar-refractivity contribution is 5.93. The Morgan fingerprint density at radius 3 is 2.31 bits per heavy atom. The first-order valence-corrected chi connectivity index (χ1v) is 9.60. The van der Waals surface area contributed by atoms with Gasteiger partial charge in [0.1, 0.15) is 0 Å². The van der Waals surface area contributed by atoms with Crippen LogP contribution in [0.4, 0.5) is 5.69 Å². The minimum Gasteiger partial charge on any atom is -0.378 e. The van der Waals surface area contributed by atoms with Crippen LogP contribution in [0.2, 0.25) is 0 Å². The monoisotopic (exact) mass is 417 g/mol. The molecule has 0 aliphatic carbocycles. The molecule has 1 saturated heterocycles. The number of nitrogens with two attached hydrogens (primary N) is 1. The summed E-state index contributed by atoms with van der Waals surface area (Å²) < 4.78 is 5.27. The summed E-state index contributed by atoms with van der Waals surface area (Å²) in [4.78, 5) is 26.7. The van der Waals surface area contributed by atoms with E-state index in [9.17, 15) is 9.59 Å². The number of carbonyl (C=O) groups excluding carboxylic acids is 2. The van der Waals surface area contributed by atoms with Gasteiger partial charge in [-0.2, -0.15) is 0 Å². The van der Waals surface area contributed by atoms with Gasteiger partial charge < -0.3 is 20.7 Å². The number of benzene rings is 2. The van der Waals surface area contributed by atoms with E-state index in [4.69, 9.17) is 10.5 Å². The second-order valence-corrected chi connectivity index (χ2v) is 7.08. The number of nitrogens with zero attached hydrogens (tertiary/aromatic N) is 1. The van der Waals surface area contributed by atoms with E-state index in [0.29, 0.717) is 38.4 Å². The van der Waals surface area contributed by atoms with Gasteiger partial charge >= 0.3 is 0 Å². The number of morpholine rings is 1. The van der Waals surface area contributed by atoms with E-state index in [0.717, 1.165) is 11.1 Å². The summed E-state index contributed by atoms with van der Waals surface area (Å²) >= 11 is 0. The number of hydrogen-bond donors (Lipinski definition) is 2. The van der Waals surface area contributed by atoms with Crippen LogP contribution in [0.1, 0.15) is 24.1 Å². The number of hydrogen-bond acceptors (Lipinski definition) is 4. The molecular weight excluding hydrogens is 390 g/mol. The molecule has 3 N–H and O–H groups in total. The zero-order valence-corrected chi connectivity index (χ0v) is 17.4. The van der Waals surface area contributed by atoms with Crippen LogP contribution in [0.15, 0.2) is 54.6 Å². The largest absolute Gasteiger partial charge is 0.378 e.